The van der Waals surface area contributed by atoms with E-state index in [2.05, 4.69) is 62.5 Å². The molecule has 0 aliphatic carbocycles. The van der Waals surface area contributed by atoms with Gasteiger partial charge in [-0.1, -0.05) is 140 Å². The lowest BCUT2D eigenvalue weighted by atomic mass is 10.1. The predicted octanol–water partition coefficient (Wildman–Crippen LogP) is 10.4. The van der Waals surface area contributed by atoms with Crippen molar-refractivity contribution < 1.29 is 37.6 Å². The lowest BCUT2D eigenvalue weighted by Crippen LogP contribution is -2.29. The average molecular weight is 712 g/mol. The van der Waals surface area contributed by atoms with E-state index < -0.39 is 32.5 Å². The summed E-state index contributed by atoms with van der Waals surface area (Å²) < 4.78 is 32.6. The topological polar surface area (TPSA) is 134 Å². The third-order valence-electron chi connectivity index (χ3n) is 7.70. The number of carbonyl (C=O) groups excluding carboxylic acids is 2. The summed E-state index contributed by atoms with van der Waals surface area (Å²) in [5.74, 6) is -0.868. The van der Waals surface area contributed by atoms with Crippen molar-refractivity contribution in [1.82, 2.24) is 0 Å². The molecule has 0 fully saturated rings. The third kappa shape index (κ3) is 35.6. The first-order valence-electron chi connectivity index (χ1n) is 19.1. The number of unbranched alkanes of at least 4 members (excludes halogenated alkanes) is 14. The van der Waals surface area contributed by atoms with E-state index in [1.807, 2.05) is 0 Å². The Kier molecular flexibility index (Phi) is 34.3. The van der Waals surface area contributed by atoms with E-state index in [-0.39, 0.29) is 32.6 Å². The van der Waals surface area contributed by atoms with Crippen molar-refractivity contribution in [1.29, 1.82) is 0 Å². The molecule has 9 nitrogen and oxygen atoms in total. The molecule has 0 spiro atoms. The number of phosphoric acid groups is 1. The second kappa shape index (κ2) is 35.8. The summed E-state index contributed by atoms with van der Waals surface area (Å²) in [5, 5.41) is 0. The van der Waals surface area contributed by atoms with Crippen molar-refractivity contribution in [3.63, 3.8) is 0 Å². The van der Waals surface area contributed by atoms with E-state index in [1.165, 1.54) is 51.4 Å². The van der Waals surface area contributed by atoms with Gasteiger partial charge in [0.2, 0.25) is 0 Å². The summed E-state index contributed by atoms with van der Waals surface area (Å²) in [4.78, 5) is 34.7. The van der Waals surface area contributed by atoms with Crippen LogP contribution in [-0.2, 0) is 32.7 Å². The zero-order valence-electron chi connectivity index (χ0n) is 30.9. The lowest BCUT2D eigenvalue weighted by Gasteiger charge is -2.19. The van der Waals surface area contributed by atoms with Crippen molar-refractivity contribution in [3.8, 4) is 0 Å². The molecular formula is C39H70NO8P. The molecule has 0 amide bonds. The van der Waals surface area contributed by atoms with Crippen molar-refractivity contribution in [3.05, 3.63) is 48.6 Å². The van der Waals surface area contributed by atoms with Crippen LogP contribution < -0.4 is 5.73 Å². The summed E-state index contributed by atoms with van der Waals surface area (Å²) in [6, 6.07) is 0. The van der Waals surface area contributed by atoms with Crippen molar-refractivity contribution in [2.24, 2.45) is 5.73 Å². The van der Waals surface area contributed by atoms with Gasteiger partial charge in [-0.2, -0.15) is 0 Å². The molecule has 1 unspecified atom stereocenters. The van der Waals surface area contributed by atoms with Gasteiger partial charge < -0.3 is 20.1 Å². The molecule has 0 rings (SSSR count). The van der Waals surface area contributed by atoms with Gasteiger partial charge in [-0.05, 0) is 51.4 Å². The van der Waals surface area contributed by atoms with Gasteiger partial charge in [0.1, 0.15) is 6.61 Å². The molecule has 49 heavy (non-hydrogen) atoms. The average Bonchev–Trinajstić information content (AvgIpc) is 3.08. The fourth-order valence-electron chi connectivity index (χ4n) is 4.86. The fraction of sp³-hybridized carbons (Fsp3) is 0.744. The Morgan fingerprint density at radius 3 is 1.65 bits per heavy atom. The zero-order chi connectivity index (χ0) is 36.1. The molecule has 2 atom stereocenters. The number of nitrogens with two attached hydrogens (primary N) is 1. The molecule has 10 heteroatoms. The first-order chi connectivity index (χ1) is 23.8. The van der Waals surface area contributed by atoms with Crippen LogP contribution >= 0.6 is 7.82 Å². The first kappa shape index (κ1) is 47.0. The molecule has 0 heterocycles. The number of hydrogen-bond donors (Lipinski definition) is 2. The quantitative estimate of drug-likeness (QED) is 0.0285. The first-order valence-corrected chi connectivity index (χ1v) is 20.6. The third-order valence-corrected chi connectivity index (χ3v) is 8.68. The minimum Gasteiger partial charge on any atom is -0.462 e. The Hall–Kier alpha value is -2.03. The van der Waals surface area contributed by atoms with Crippen LogP contribution in [0.3, 0.4) is 0 Å². The smallest absolute Gasteiger partial charge is 0.462 e. The highest BCUT2D eigenvalue weighted by Crippen LogP contribution is 2.43. The van der Waals surface area contributed by atoms with E-state index in [4.69, 9.17) is 24.3 Å². The molecule has 0 bridgehead atoms. The van der Waals surface area contributed by atoms with Gasteiger partial charge in [0.05, 0.1) is 13.2 Å². The van der Waals surface area contributed by atoms with E-state index >= 15 is 0 Å². The number of esters is 2. The van der Waals surface area contributed by atoms with Crippen LogP contribution in [0.25, 0.3) is 0 Å². The standard InChI is InChI=1S/C39H70NO8P/c1-3-5-7-9-11-13-15-16-17-18-19-20-22-23-25-27-29-31-38(41)45-35-37(36-47-49(43,44)46-34-33-40)48-39(42)32-30-28-26-24-21-14-12-10-8-6-4-2/h7,9,13,15,17-18,20,22,37H,3-6,8,10-12,14,16,19,21,23-36,40H2,1-2H3,(H,43,44)/b9-7+,15-13+,18-17+,22-20+/t37-/m0/s1. The van der Waals surface area contributed by atoms with E-state index in [0.29, 0.717) is 12.8 Å². The van der Waals surface area contributed by atoms with Crippen molar-refractivity contribution in [2.75, 3.05) is 26.4 Å². The van der Waals surface area contributed by atoms with Gasteiger partial charge in [-0.3, -0.25) is 18.6 Å². The van der Waals surface area contributed by atoms with Crippen LogP contribution in [0.15, 0.2) is 48.6 Å². The van der Waals surface area contributed by atoms with E-state index in [9.17, 15) is 19.0 Å². The maximum Gasteiger partial charge on any atom is 0.472 e. The van der Waals surface area contributed by atoms with Crippen LogP contribution in [0, 0.1) is 0 Å². The number of hydrogen-bond acceptors (Lipinski definition) is 8. The molecule has 0 aromatic rings. The highest BCUT2D eigenvalue weighted by Gasteiger charge is 2.25. The minimum atomic E-state index is -4.38. The van der Waals surface area contributed by atoms with Gasteiger partial charge in [0.25, 0.3) is 0 Å². The molecule has 0 saturated heterocycles. The molecule has 3 N–H and O–H groups in total. The van der Waals surface area contributed by atoms with Crippen LogP contribution in [0.1, 0.15) is 155 Å². The van der Waals surface area contributed by atoms with Crippen LogP contribution in [0.2, 0.25) is 0 Å². The zero-order valence-corrected chi connectivity index (χ0v) is 31.8. The second-order valence-electron chi connectivity index (χ2n) is 12.4. The Bertz CT molecular complexity index is 949. The monoisotopic (exact) mass is 711 g/mol. The Morgan fingerprint density at radius 1 is 0.612 bits per heavy atom. The number of carbonyl (C=O) groups is 2. The summed E-state index contributed by atoms with van der Waals surface area (Å²) in [5.41, 5.74) is 5.32. The van der Waals surface area contributed by atoms with Crippen LogP contribution in [0.4, 0.5) is 0 Å². The molecule has 0 aromatic heterocycles. The van der Waals surface area contributed by atoms with Gasteiger partial charge in [-0.25, -0.2) is 4.57 Å². The Balaban J connectivity index is 4.27. The molecule has 0 aromatic carbocycles. The molecular weight excluding hydrogens is 641 g/mol. The number of ether oxygens (including phenoxy) is 2. The second-order valence-corrected chi connectivity index (χ2v) is 13.9. The largest absolute Gasteiger partial charge is 0.472 e. The molecule has 0 saturated carbocycles. The lowest BCUT2D eigenvalue weighted by molar-refractivity contribution is -0.161. The van der Waals surface area contributed by atoms with E-state index in [1.54, 1.807) is 0 Å². The maximum absolute atomic E-state index is 12.5. The van der Waals surface area contributed by atoms with Crippen LogP contribution in [-0.4, -0.2) is 49.3 Å². The molecule has 284 valence electrons. The SMILES string of the molecule is CCC/C=C/C/C=C/C/C=C/C/C=C/CCCCCC(=O)OC[C@@H](COP(=O)(O)OCCN)OC(=O)CCCCCCCCCCCCC. The number of phosphoric ester groups is 1. The highest BCUT2D eigenvalue weighted by atomic mass is 31.2. The minimum absolute atomic E-state index is 0.0480. The molecule has 0 radical (unpaired) electrons. The summed E-state index contributed by atoms with van der Waals surface area (Å²) in [6.07, 6.45) is 38.5. The normalized spacial score (nSPS) is 14.0. The maximum atomic E-state index is 12.5. The summed E-state index contributed by atoms with van der Waals surface area (Å²) in [7, 11) is -4.38. The molecule has 0 aliphatic rings. The fourth-order valence-corrected chi connectivity index (χ4v) is 5.62. The number of rotatable bonds is 35. The van der Waals surface area contributed by atoms with Crippen molar-refractivity contribution >= 4 is 19.8 Å². The van der Waals surface area contributed by atoms with Gasteiger partial charge >= 0.3 is 19.8 Å². The van der Waals surface area contributed by atoms with Crippen molar-refractivity contribution in [2.45, 2.75) is 161 Å². The van der Waals surface area contributed by atoms with E-state index in [0.717, 1.165) is 64.2 Å². The Morgan fingerprint density at radius 2 is 1.10 bits per heavy atom. The Labute approximate surface area is 298 Å². The summed E-state index contributed by atoms with van der Waals surface area (Å²) in [6.45, 7) is 3.60. The van der Waals surface area contributed by atoms with Gasteiger partial charge in [0.15, 0.2) is 6.10 Å². The van der Waals surface area contributed by atoms with Crippen LogP contribution in [0.5, 0.6) is 0 Å². The summed E-state index contributed by atoms with van der Waals surface area (Å²) >= 11 is 0. The predicted molar refractivity (Wildman–Crippen MR) is 201 cm³/mol. The highest BCUT2D eigenvalue weighted by molar-refractivity contribution is 7.47. The van der Waals surface area contributed by atoms with Gasteiger partial charge in [0, 0.05) is 19.4 Å². The molecule has 0 aliphatic heterocycles. The number of allylic oxidation sites excluding steroid dienone is 8. The van der Waals surface area contributed by atoms with Gasteiger partial charge in [-0.15, -0.1) is 0 Å².